The molecule has 6 heteroatoms. The van der Waals surface area contributed by atoms with Crippen molar-refractivity contribution in [2.75, 3.05) is 6.61 Å². The molecule has 114 valence electrons. The molecular formula is C15H19NO4S. The Hall–Kier alpha value is -1.63. The highest BCUT2D eigenvalue weighted by molar-refractivity contribution is 7.89. The lowest BCUT2D eigenvalue weighted by Gasteiger charge is -2.08. The number of furan rings is 1. The second kappa shape index (κ2) is 6.89. The van der Waals surface area contributed by atoms with Crippen LogP contribution in [0.2, 0.25) is 0 Å². The van der Waals surface area contributed by atoms with Crippen LogP contribution in [0.25, 0.3) is 0 Å². The minimum atomic E-state index is -3.63. The average Bonchev–Trinajstić information content (AvgIpc) is 2.94. The second-order valence-corrected chi connectivity index (χ2v) is 6.51. The van der Waals surface area contributed by atoms with Crippen LogP contribution in [-0.4, -0.2) is 15.0 Å². The standard InChI is InChI=1S/C15H19NO4S/c1-12-7-8-15(11-13(12)2)21(17,18)16-20-10-4-6-14-5-3-9-19-14/h3,5,7-9,11,16H,4,6,10H2,1-2H3. The van der Waals surface area contributed by atoms with Gasteiger partial charge in [0.2, 0.25) is 0 Å². The zero-order valence-corrected chi connectivity index (χ0v) is 12.9. The number of sulfonamides is 1. The maximum absolute atomic E-state index is 12.0. The molecule has 0 spiro atoms. The molecule has 1 N–H and O–H groups in total. The molecule has 1 aromatic carbocycles. The molecule has 1 heterocycles. The van der Waals surface area contributed by atoms with Crippen LogP contribution in [0, 0.1) is 13.8 Å². The minimum Gasteiger partial charge on any atom is -0.469 e. The first-order valence-corrected chi connectivity index (χ1v) is 8.20. The molecule has 2 aromatic rings. The first kappa shape index (κ1) is 15.8. The SMILES string of the molecule is Cc1ccc(S(=O)(=O)NOCCCc2ccco2)cc1C. The first-order valence-electron chi connectivity index (χ1n) is 6.72. The summed E-state index contributed by atoms with van der Waals surface area (Å²) in [5.74, 6) is 0.857. The molecule has 0 bridgehead atoms. The molecule has 0 aliphatic carbocycles. The molecule has 0 aliphatic heterocycles. The quantitative estimate of drug-likeness (QED) is 0.631. The average molecular weight is 309 g/mol. The summed E-state index contributed by atoms with van der Waals surface area (Å²) >= 11 is 0. The highest BCUT2D eigenvalue weighted by Gasteiger charge is 2.14. The largest absolute Gasteiger partial charge is 0.469 e. The van der Waals surface area contributed by atoms with Gasteiger partial charge >= 0.3 is 0 Å². The molecule has 0 amide bonds. The molecule has 0 aliphatic rings. The third kappa shape index (κ3) is 4.42. The number of aryl methyl sites for hydroxylation is 3. The predicted octanol–water partition coefficient (Wildman–Crippen LogP) is 2.74. The van der Waals surface area contributed by atoms with Crippen molar-refractivity contribution in [3.8, 4) is 0 Å². The summed E-state index contributed by atoms with van der Waals surface area (Å²) in [4.78, 5) is 7.39. The van der Waals surface area contributed by atoms with E-state index in [1.165, 1.54) is 0 Å². The molecule has 0 saturated carbocycles. The summed E-state index contributed by atoms with van der Waals surface area (Å²) in [6.45, 7) is 4.09. The van der Waals surface area contributed by atoms with Gasteiger partial charge < -0.3 is 4.42 Å². The van der Waals surface area contributed by atoms with Gasteiger partial charge in [-0.05, 0) is 55.7 Å². The molecule has 0 radical (unpaired) electrons. The van der Waals surface area contributed by atoms with E-state index in [1.807, 2.05) is 26.0 Å². The van der Waals surface area contributed by atoms with Gasteiger partial charge in [-0.2, -0.15) is 0 Å². The maximum Gasteiger partial charge on any atom is 0.262 e. The van der Waals surface area contributed by atoms with Crippen LogP contribution in [-0.2, 0) is 21.3 Å². The highest BCUT2D eigenvalue weighted by Crippen LogP contribution is 2.14. The normalized spacial score (nSPS) is 11.7. The lowest BCUT2D eigenvalue weighted by atomic mass is 10.1. The predicted molar refractivity (Wildman–Crippen MR) is 79.2 cm³/mol. The van der Waals surface area contributed by atoms with Gasteiger partial charge in [-0.15, -0.1) is 0 Å². The lowest BCUT2D eigenvalue weighted by Crippen LogP contribution is -2.24. The van der Waals surface area contributed by atoms with Crippen molar-refractivity contribution in [3.05, 3.63) is 53.5 Å². The van der Waals surface area contributed by atoms with Crippen molar-refractivity contribution >= 4 is 10.0 Å². The Bertz CT molecular complexity index is 678. The lowest BCUT2D eigenvalue weighted by molar-refractivity contribution is 0.0905. The second-order valence-electron chi connectivity index (χ2n) is 4.86. The highest BCUT2D eigenvalue weighted by atomic mass is 32.2. The van der Waals surface area contributed by atoms with Gasteiger partial charge in [0.25, 0.3) is 10.0 Å². The zero-order valence-electron chi connectivity index (χ0n) is 12.1. The Kier molecular flexibility index (Phi) is 5.17. The molecule has 21 heavy (non-hydrogen) atoms. The zero-order chi connectivity index (χ0) is 15.3. The molecule has 0 unspecified atom stereocenters. The Labute approximate surface area is 124 Å². The van der Waals surface area contributed by atoms with E-state index in [9.17, 15) is 8.42 Å². The van der Waals surface area contributed by atoms with Crippen molar-refractivity contribution in [1.29, 1.82) is 0 Å². The molecule has 0 fully saturated rings. The minimum absolute atomic E-state index is 0.205. The van der Waals surface area contributed by atoms with Crippen molar-refractivity contribution in [3.63, 3.8) is 0 Å². The summed E-state index contributed by atoms with van der Waals surface area (Å²) in [5, 5.41) is 0. The number of nitrogens with one attached hydrogen (secondary N) is 1. The van der Waals surface area contributed by atoms with E-state index in [2.05, 4.69) is 4.89 Å². The number of hydrogen-bond acceptors (Lipinski definition) is 4. The number of benzene rings is 1. The van der Waals surface area contributed by atoms with Gasteiger partial charge in [0.1, 0.15) is 5.76 Å². The Morgan fingerprint density at radius 1 is 1.19 bits per heavy atom. The smallest absolute Gasteiger partial charge is 0.262 e. The van der Waals surface area contributed by atoms with Crippen molar-refractivity contribution in [2.24, 2.45) is 0 Å². The van der Waals surface area contributed by atoms with Crippen LogP contribution in [0.4, 0.5) is 0 Å². The third-order valence-electron chi connectivity index (χ3n) is 3.21. The van der Waals surface area contributed by atoms with E-state index >= 15 is 0 Å². The Morgan fingerprint density at radius 2 is 2.00 bits per heavy atom. The first-order chi connectivity index (χ1) is 9.99. The summed E-state index contributed by atoms with van der Waals surface area (Å²) in [5.41, 5.74) is 1.98. The van der Waals surface area contributed by atoms with Crippen LogP contribution >= 0.6 is 0 Å². The van der Waals surface area contributed by atoms with E-state index in [1.54, 1.807) is 24.5 Å². The summed E-state index contributed by atoms with van der Waals surface area (Å²) in [6, 6.07) is 8.67. The van der Waals surface area contributed by atoms with Crippen LogP contribution in [0.1, 0.15) is 23.3 Å². The number of hydrogen-bond donors (Lipinski definition) is 1. The molecule has 2 rings (SSSR count). The Morgan fingerprint density at radius 3 is 2.67 bits per heavy atom. The fourth-order valence-corrected chi connectivity index (χ4v) is 2.74. The van der Waals surface area contributed by atoms with Crippen molar-refractivity contribution in [2.45, 2.75) is 31.6 Å². The maximum atomic E-state index is 12.0. The van der Waals surface area contributed by atoms with Gasteiger partial charge in [-0.1, -0.05) is 11.0 Å². The molecule has 0 saturated heterocycles. The van der Waals surface area contributed by atoms with Crippen LogP contribution in [0.5, 0.6) is 0 Å². The molecule has 0 atom stereocenters. The fraction of sp³-hybridized carbons (Fsp3) is 0.333. The van der Waals surface area contributed by atoms with Crippen LogP contribution < -0.4 is 4.89 Å². The summed E-state index contributed by atoms with van der Waals surface area (Å²) < 4.78 is 29.2. The summed E-state index contributed by atoms with van der Waals surface area (Å²) in [7, 11) is -3.63. The van der Waals surface area contributed by atoms with Gasteiger partial charge in [0.05, 0.1) is 17.8 Å². The van der Waals surface area contributed by atoms with Gasteiger partial charge in [0.15, 0.2) is 0 Å². The van der Waals surface area contributed by atoms with Crippen molar-refractivity contribution in [1.82, 2.24) is 4.89 Å². The third-order valence-corrected chi connectivity index (χ3v) is 4.42. The summed E-state index contributed by atoms with van der Waals surface area (Å²) in [6.07, 6.45) is 2.99. The van der Waals surface area contributed by atoms with E-state index in [4.69, 9.17) is 9.25 Å². The van der Waals surface area contributed by atoms with Crippen LogP contribution in [0.15, 0.2) is 45.9 Å². The van der Waals surface area contributed by atoms with Crippen LogP contribution in [0.3, 0.4) is 0 Å². The molecular weight excluding hydrogens is 290 g/mol. The van der Waals surface area contributed by atoms with Gasteiger partial charge in [0, 0.05) is 6.42 Å². The van der Waals surface area contributed by atoms with E-state index in [0.717, 1.165) is 16.9 Å². The molecule has 1 aromatic heterocycles. The van der Waals surface area contributed by atoms with E-state index in [-0.39, 0.29) is 11.5 Å². The topological polar surface area (TPSA) is 68.5 Å². The molecule has 5 nitrogen and oxygen atoms in total. The number of rotatable bonds is 7. The van der Waals surface area contributed by atoms with E-state index < -0.39 is 10.0 Å². The Balaban J connectivity index is 1.82. The van der Waals surface area contributed by atoms with Crippen molar-refractivity contribution < 1.29 is 17.7 Å². The van der Waals surface area contributed by atoms with Gasteiger partial charge in [-0.25, -0.2) is 8.42 Å². The monoisotopic (exact) mass is 309 g/mol. The van der Waals surface area contributed by atoms with E-state index in [0.29, 0.717) is 12.8 Å². The van der Waals surface area contributed by atoms with Gasteiger partial charge in [-0.3, -0.25) is 4.84 Å². The fourth-order valence-electron chi connectivity index (χ4n) is 1.82.